The van der Waals surface area contributed by atoms with E-state index in [1.165, 1.54) is 28.9 Å². The fourth-order valence-electron chi connectivity index (χ4n) is 5.27. The van der Waals surface area contributed by atoms with Gasteiger partial charge in [0.2, 0.25) is 5.95 Å². The number of aromatic nitrogens is 2. The average Bonchev–Trinajstić information content (AvgIpc) is 3.07. The molecule has 1 aliphatic heterocycles. The molecule has 0 radical (unpaired) electrons. The summed E-state index contributed by atoms with van der Waals surface area (Å²) in [7, 11) is 5.21. The monoisotopic (exact) mass is 647 g/mol. The van der Waals surface area contributed by atoms with E-state index in [9.17, 15) is 4.79 Å². The third-order valence-corrected chi connectivity index (χ3v) is 8.38. The second-order valence-electron chi connectivity index (χ2n) is 10.9. The number of halogens is 1. The van der Waals surface area contributed by atoms with Gasteiger partial charge in [-0.15, -0.1) is 11.8 Å². The summed E-state index contributed by atoms with van der Waals surface area (Å²) in [6.07, 6.45) is 4.94. The summed E-state index contributed by atoms with van der Waals surface area (Å²) >= 11 is 1.47. The first kappa shape index (κ1) is 32.8. The standard InChI is InChI=1S/C34H38FN5O5S/c1-39-17-7-8-23(20-39)22-44-29-13-11-25(19-27(29)35)37-33-36-16-15-32(38-33)40(21-24-18-26(42-2)12-14-28(24)43-3)34(41)45-30-9-5-6-10-31(30)46-4/h5-6,9-16,18-19,23H,7-8,17,20-22H2,1-4H3,(H,36,37,38). The summed E-state index contributed by atoms with van der Waals surface area (Å²) in [5, 5.41) is 3.04. The van der Waals surface area contributed by atoms with E-state index in [4.69, 9.17) is 18.9 Å². The first-order valence-corrected chi connectivity index (χ1v) is 16.1. The van der Waals surface area contributed by atoms with Crippen molar-refractivity contribution in [3.63, 3.8) is 0 Å². The Morgan fingerprint density at radius 2 is 1.89 bits per heavy atom. The summed E-state index contributed by atoms with van der Waals surface area (Å²) in [5.74, 6) is 2.07. The van der Waals surface area contributed by atoms with Gasteiger partial charge in [-0.3, -0.25) is 4.90 Å². The first-order valence-electron chi connectivity index (χ1n) is 14.9. The van der Waals surface area contributed by atoms with Gasteiger partial charge < -0.3 is 29.2 Å². The summed E-state index contributed by atoms with van der Waals surface area (Å²) in [4.78, 5) is 27.1. The molecule has 4 aromatic rings. The maximum absolute atomic E-state index is 15.0. The fraction of sp³-hybridized carbons (Fsp3) is 0.324. The van der Waals surface area contributed by atoms with E-state index in [0.29, 0.717) is 41.0 Å². The maximum Gasteiger partial charge on any atom is 0.421 e. The van der Waals surface area contributed by atoms with Gasteiger partial charge in [-0.2, -0.15) is 4.98 Å². The van der Waals surface area contributed by atoms with Crippen molar-refractivity contribution >= 4 is 35.3 Å². The van der Waals surface area contributed by atoms with Crippen LogP contribution in [0.3, 0.4) is 0 Å². The number of nitrogens with zero attached hydrogens (tertiary/aromatic N) is 4. The number of piperidine rings is 1. The lowest BCUT2D eigenvalue weighted by molar-refractivity contribution is 0.147. The number of likely N-dealkylation sites (tertiary alicyclic amines) is 1. The molecule has 0 saturated carbocycles. The van der Waals surface area contributed by atoms with E-state index in [1.54, 1.807) is 62.8 Å². The number of ether oxygens (including phenoxy) is 4. The molecule has 242 valence electrons. The quantitative estimate of drug-likeness (QED) is 0.162. The van der Waals surface area contributed by atoms with Gasteiger partial charge in [0.15, 0.2) is 11.6 Å². The number of carbonyl (C=O) groups is 1. The molecule has 3 aromatic carbocycles. The number of amides is 1. The van der Waals surface area contributed by atoms with Crippen molar-refractivity contribution < 1.29 is 28.1 Å². The average molecular weight is 648 g/mol. The van der Waals surface area contributed by atoms with Crippen LogP contribution in [0.4, 0.5) is 26.6 Å². The zero-order valence-corrected chi connectivity index (χ0v) is 27.2. The normalized spacial score (nSPS) is 14.8. The predicted octanol–water partition coefficient (Wildman–Crippen LogP) is 7.02. The Balaban J connectivity index is 1.37. The molecule has 1 aromatic heterocycles. The number of para-hydroxylation sites is 1. The second kappa shape index (κ2) is 15.6. The Morgan fingerprint density at radius 3 is 2.65 bits per heavy atom. The molecule has 2 heterocycles. The van der Waals surface area contributed by atoms with Gasteiger partial charge in [-0.1, -0.05) is 12.1 Å². The van der Waals surface area contributed by atoms with Gasteiger partial charge >= 0.3 is 6.09 Å². The van der Waals surface area contributed by atoms with Crippen LogP contribution in [0.1, 0.15) is 18.4 Å². The largest absolute Gasteiger partial charge is 0.497 e. The van der Waals surface area contributed by atoms with E-state index in [2.05, 4.69) is 27.2 Å². The summed E-state index contributed by atoms with van der Waals surface area (Å²) < 4.78 is 37.7. The first-order chi connectivity index (χ1) is 22.4. The smallest absolute Gasteiger partial charge is 0.421 e. The number of hydrogen-bond acceptors (Lipinski definition) is 10. The molecule has 1 N–H and O–H groups in total. The maximum atomic E-state index is 15.0. The molecule has 0 aliphatic carbocycles. The zero-order chi connectivity index (χ0) is 32.5. The molecule has 5 rings (SSSR count). The van der Waals surface area contributed by atoms with Crippen LogP contribution in [0.5, 0.6) is 23.0 Å². The van der Waals surface area contributed by atoms with Crippen LogP contribution in [-0.2, 0) is 6.54 Å². The highest BCUT2D eigenvalue weighted by molar-refractivity contribution is 7.98. The Labute approximate surface area is 272 Å². The topological polar surface area (TPSA) is 98.3 Å². The molecule has 12 heteroatoms. The zero-order valence-electron chi connectivity index (χ0n) is 26.4. The molecule has 1 aliphatic rings. The molecular weight excluding hydrogens is 609 g/mol. The van der Waals surface area contributed by atoms with Gasteiger partial charge in [0.1, 0.15) is 23.1 Å². The third-order valence-electron chi connectivity index (χ3n) is 7.60. The highest BCUT2D eigenvalue weighted by Crippen LogP contribution is 2.31. The van der Waals surface area contributed by atoms with E-state index in [1.807, 2.05) is 18.4 Å². The van der Waals surface area contributed by atoms with Crippen LogP contribution >= 0.6 is 11.8 Å². The minimum absolute atomic E-state index is 0.0501. The number of hydrogen-bond donors (Lipinski definition) is 1. The number of methoxy groups -OCH3 is 2. The van der Waals surface area contributed by atoms with Crippen molar-refractivity contribution in [3.8, 4) is 23.0 Å². The molecule has 1 saturated heterocycles. The van der Waals surface area contributed by atoms with Gasteiger partial charge in [0.05, 0.1) is 27.4 Å². The molecule has 0 bridgehead atoms. The van der Waals surface area contributed by atoms with Crippen molar-refractivity contribution in [1.29, 1.82) is 0 Å². The number of anilines is 3. The van der Waals surface area contributed by atoms with Gasteiger partial charge in [0, 0.05) is 40.9 Å². The van der Waals surface area contributed by atoms with Gasteiger partial charge in [0.25, 0.3) is 0 Å². The van der Waals surface area contributed by atoms with Crippen molar-refractivity contribution in [3.05, 3.63) is 84.3 Å². The van der Waals surface area contributed by atoms with Crippen molar-refractivity contribution in [2.45, 2.75) is 24.3 Å². The number of benzene rings is 3. The minimum atomic E-state index is -0.660. The number of carbonyl (C=O) groups excluding carboxylic acids is 1. The van der Waals surface area contributed by atoms with E-state index < -0.39 is 11.9 Å². The summed E-state index contributed by atoms with van der Waals surface area (Å²) in [6, 6.07) is 18.8. The number of nitrogens with one attached hydrogen (secondary N) is 1. The lowest BCUT2D eigenvalue weighted by Crippen LogP contribution is -2.34. The van der Waals surface area contributed by atoms with Crippen LogP contribution < -0.4 is 29.2 Å². The second-order valence-corrected chi connectivity index (χ2v) is 11.7. The molecule has 0 spiro atoms. The highest BCUT2D eigenvalue weighted by atomic mass is 32.2. The minimum Gasteiger partial charge on any atom is -0.497 e. The van der Waals surface area contributed by atoms with Crippen LogP contribution in [0.2, 0.25) is 0 Å². The Hall–Kier alpha value is -4.55. The fourth-order valence-corrected chi connectivity index (χ4v) is 5.79. The number of rotatable bonds is 12. The molecule has 1 atom stereocenters. The highest BCUT2D eigenvalue weighted by Gasteiger charge is 2.24. The van der Waals surface area contributed by atoms with Crippen LogP contribution in [0, 0.1) is 11.7 Å². The molecule has 10 nitrogen and oxygen atoms in total. The van der Waals surface area contributed by atoms with Crippen molar-refractivity contribution in [2.75, 3.05) is 57.4 Å². The van der Waals surface area contributed by atoms with Crippen LogP contribution in [0.25, 0.3) is 0 Å². The van der Waals surface area contributed by atoms with Gasteiger partial charge in [-0.05, 0) is 81.2 Å². The number of thioether (sulfide) groups is 1. The van der Waals surface area contributed by atoms with Crippen LogP contribution in [-0.4, -0.2) is 68.2 Å². The van der Waals surface area contributed by atoms with Crippen molar-refractivity contribution in [2.24, 2.45) is 5.92 Å². The summed E-state index contributed by atoms with van der Waals surface area (Å²) in [6.45, 7) is 2.53. The van der Waals surface area contributed by atoms with Crippen LogP contribution in [0.15, 0.2) is 77.8 Å². The Morgan fingerprint density at radius 1 is 1.07 bits per heavy atom. The SMILES string of the molecule is COc1ccc(OC)c(CN(C(=O)Oc2ccccc2SC)c2ccnc(Nc3ccc(OCC4CCCN(C)C4)c(F)c3)n2)c1. The molecule has 1 fully saturated rings. The predicted molar refractivity (Wildman–Crippen MR) is 177 cm³/mol. The Bertz CT molecular complexity index is 1640. The van der Waals surface area contributed by atoms with E-state index >= 15 is 4.39 Å². The molecule has 1 unspecified atom stereocenters. The summed E-state index contributed by atoms with van der Waals surface area (Å²) in [5.41, 5.74) is 1.10. The lowest BCUT2D eigenvalue weighted by Gasteiger charge is -2.29. The lowest BCUT2D eigenvalue weighted by atomic mass is 10.00. The molecule has 46 heavy (non-hydrogen) atoms. The third kappa shape index (κ3) is 8.38. The Kier molecular flexibility index (Phi) is 11.2. The molecular formula is C34H38FN5O5S. The van der Waals surface area contributed by atoms with E-state index in [-0.39, 0.29) is 24.1 Å². The van der Waals surface area contributed by atoms with E-state index in [0.717, 1.165) is 30.8 Å². The van der Waals surface area contributed by atoms with Crippen molar-refractivity contribution in [1.82, 2.24) is 14.9 Å². The molecule has 1 amide bonds. The van der Waals surface area contributed by atoms with Gasteiger partial charge in [-0.25, -0.2) is 14.2 Å².